The number of hydrogen-bond acceptors (Lipinski definition) is 4. The van der Waals surface area contributed by atoms with Gasteiger partial charge in [0.2, 0.25) is 5.28 Å². The van der Waals surface area contributed by atoms with Crippen molar-refractivity contribution in [1.82, 2.24) is 15.2 Å². The van der Waals surface area contributed by atoms with Gasteiger partial charge < -0.3 is 4.90 Å². The molecule has 0 aliphatic carbocycles. The Morgan fingerprint density at radius 1 is 1.40 bits per heavy atom. The number of nitrogens with zero attached hydrogens (tertiary/aromatic N) is 4. The lowest BCUT2D eigenvalue weighted by Crippen LogP contribution is -2.29. The second-order valence-electron chi connectivity index (χ2n) is 3.59. The summed E-state index contributed by atoms with van der Waals surface area (Å²) < 4.78 is 0. The van der Waals surface area contributed by atoms with Crippen LogP contribution in [-0.2, 0) is 0 Å². The van der Waals surface area contributed by atoms with E-state index in [-0.39, 0.29) is 5.28 Å². The number of anilines is 1. The maximum atomic E-state index is 5.96. The standard InChI is InChI=1S/C9H12Cl2N4/c1-2-6-4-3-5-15(6)8-7(10)13-14-9(11)12-8/h6H,2-5H2,1H3. The Bertz CT molecular complexity index is 358. The van der Waals surface area contributed by atoms with E-state index in [0.29, 0.717) is 17.0 Å². The lowest BCUT2D eigenvalue weighted by atomic mass is 10.2. The van der Waals surface area contributed by atoms with Gasteiger partial charge in [0.05, 0.1) is 0 Å². The van der Waals surface area contributed by atoms with Crippen LogP contribution >= 0.6 is 23.2 Å². The third kappa shape index (κ3) is 2.16. The first-order chi connectivity index (χ1) is 7.22. The predicted molar refractivity (Wildman–Crippen MR) is 60.5 cm³/mol. The highest BCUT2D eigenvalue weighted by atomic mass is 35.5. The molecule has 1 aliphatic rings. The Morgan fingerprint density at radius 2 is 2.20 bits per heavy atom. The largest absolute Gasteiger partial charge is 0.351 e. The van der Waals surface area contributed by atoms with E-state index < -0.39 is 0 Å². The van der Waals surface area contributed by atoms with Gasteiger partial charge in [0.25, 0.3) is 0 Å². The summed E-state index contributed by atoms with van der Waals surface area (Å²) in [5, 5.41) is 7.86. The van der Waals surface area contributed by atoms with Crippen molar-refractivity contribution in [3.8, 4) is 0 Å². The van der Waals surface area contributed by atoms with Gasteiger partial charge in [-0.1, -0.05) is 18.5 Å². The van der Waals surface area contributed by atoms with E-state index in [9.17, 15) is 0 Å². The lowest BCUT2D eigenvalue weighted by molar-refractivity contribution is 0.638. The number of halogens is 2. The minimum absolute atomic E-state index is 0.149. The van der Waals surface area contributed by atoms with Gasteiger partial charge >= 0.3 is 0 Å². The fraction of sp³-hybridized carbons (Fsp3) is 0.667. The monoisotopic (exact) mass is 246 g/mol. The molecule has 6 heteroatoms. The van der Waals surface area contributed by atoms with E-state index in [4.69, 9.17) is 23.2 Å². The highest BCUT2D eigenvalue weighted by molar-refractivity contribution is 6.32. The van der Waals surface area contributed by atoms with Crippen molar-refractivity contribution in [3.05, 3.63) is 10.4 Å². The summed E-state index contributed by atoms with van der Waals surface area (Å²) in [5.41, 5.74) is 0. The number of hydrogen-bond donors (Lipinski definition) is 0. The Labute approximate surface area is 98.6 Å². The van der Waals surface area contributed by atoms with E-state index in [0.717, 1.165) is 19.4 Å². The van der Waals surface area contributed by atoms with Gasteiger partial charge in [-0.2, -0.15) is 4.98 Å². The third-order valence-corrected chi connectivity index (χ3v) is 3.13. The van der Waals surface area contributed by atoms with Crippen LogP contribution in [-0.4, -0.2) is 27.8 Å². The summed E-state index contributed by atoms with van der Waals surface area (Å²) in [4.78, 5) is 6.31. The molecule has 0 spiro atoms. The minimum Gasteiger partial charge on any atom is -0.351 e. The Morgan fingerprint density at radius 3 is 2.93 bits per heavy atom. The first-order valence-corrected chi connectivity index (χ1v) is 5.80. The van der Waals surface area contributed by atoms with Crippen molar-refractivity contribution in [2.45, 2.75) is 32.2 Å². The van der Waals surface area contributed by atoms with Crippen LogP contribution in [0.5, 0.6) is 0 Å². The van der Waals surface area contributed by atoms with E-state index in [1.807, 2.05) is 0 Å². The van der Waals surface area contributed by atoms with Crippen LogP contribution < -0.4 is 4.90 Å². The van der Waals surface area contributed by atoms with Crippen molar-refractivity contribution in [3.63, 3.8) is 0 Å². The molecular formula is C9H12Cl2N4. The normalized spacial score (nSPS) is 21.0. The lowest BCUT2D eigenvalue weighted by Gasteiger charge is -2.24. The molecule has 0 bridgehead atoms. The van der Waals surface area contributed by atoms with Gasteiger partial charge in [-0.05, 0) is 30.9 Å². The zero-order valence-electron chi connectivity index (χ0n) is 8.45. The summed E-state index contributed by atoms with van der Waals surface area (Å²) in [7, 11) is 0. The van der Waals surface area contributed by atoms with Crippen LogP contribution in [0.25, 0.3) is 0 Å². The fourth-order valence-electron chi connectivity index (χ4n) is 2.01. The molecule has 0 saturated carbocycles. The highest BCUT2D eigenvalue weighted by Gasteiger charge is 2.26. The predicted octanol–water partition coefficient (Wildman–Crippen LogP) is 2.56. The average Bonchev–Trinajstić information content (AvgIpc) is 2.69. The second-order valence-corrected chi connectivity index (χ2v) is 4.29. The molecule has 1 atom stereocenters. The van der Waals surface area contributed by atoms with E-state index >= 15 is 0 Å². The minimum atomic E-state index is 0.149. The maximum Gasteiger partial charge on any atom is 0.245 e. The van der Waals surface area contributed by atoms with Gasteiger partial charge in [-0.15, -0.1) is 10.2 Å². The molecule has 1 unspecified atom stereocenters. The van der Waals surface area contributed by atoms with Gasteiger partial charge in [0.1, 0.15) is 0 Å². The SMILES string of the molecule is CCC1CCCN1c1nc(Cl)nnc1Cl. The molecule has 1 aliphatic heterocycles. The smallest absolute Gasteiger partial charge is 0.245 e. The van der Waals surface area contributed by atoms with Crippen LogP contribution in [0.3, 0.4) is 0 Å². The Balaban J connectivity index is 2.31. The van der Waals surface area contributed by atoms with Gasteiger partial charge in [-0.3, -0.25) is 0 Å². The molecule has 0 N–H and O–H groups in total. The van der Waals surface area contributed by atoms with Crippen LogP contribution in [0.1, 0.15) is 26.2 Å². The van der Waals surface area contributed by atoms with E-state index in [2.05, 4.69) is 27.0 Å². The zero-order valence-corrected chi connectivity index (χ0v) is 9.96. The molecule has 4 nitrogen and oxygen atoms in total. The maximum absolute atomic E-state index is 5.96. The van der Waals surface area contributed by atoms with Crippen molar-refractivity contribution >= 4 is 29.0 Å². The molecule has 1 aromatic rings. The second kappa shape index (κ2) is 4.49. The zero-order chi connectivity index (χ0) is 10.8. The topological polar surface area (TPSA) is 41.9 Å². The molecule has 0 radical (unpaired) electrons. The van der Waals surface area contributed by atoms with Crippen molar-refractivity contribution in [2.75, 3.05) is 11.4 Å². The van der Waals surface area contributed by atoms with Gasteiger partial charge in [-0.25, -0.2) is 0 Å². The fourth-order valence-corrected chi connectivity index (χ4v) is 2.31. The third-order valence-electron chi connectivity index (χ3n) is 2.72. The first kappa shape index (κ1) is 10.9. The van der Waals surface area contributed by atoms with Gasteiger partial charge in [0.15, 0.2) is 11.0 Å². The van der Waals surface area contributed by atoms with E-state index in [1.165, 1.54) is 6.42 Å². The molecule has 1 saturated heterocycles. The van der Waals surface area contributed by atoms with Crippen molar-refractivity contribution in [1.29, 1.82) is 0 Å². The van der Waals surface area contributed by atoms with Crippen molar-refractivity contribution in [2.24, 2.45) is 0 Å². The van der Waals surface area contributed by atoms with Crippen LogP contribution in [0.4, 0.5) is 5.82 Å². The van der Waals surface area contributed by atoms with Crippen LogP contribution in [0.15, 0.2) is 0 Å². The highest BCUT2D eigenvalue weighted by Crippen LogP contribution is 2.30. The molecule has 1 fully saturated rings. The summed E-state index contributed by atoms with van der Waals surface area (Å²) in [6, 6.07) is 0.496. The Hall–Kier alpha value is -0.610. The average molecular weight is 247 g/mol. The molecule has 0 amide bonds. The van der Waals surface area contributed by atoms with Crippen LogP contribution in [0, 0.1) is 0 Å². The quantitative estimate of drug-likeness (QED) is 0.805. The summed E-state index contributed by atoms with van der Waals surface area (Å²) in [6.45, 7) is 3.13. The molecule has 2 heterocycles. The molecule has 1 aromatic heterocycles. The van der Waals surface area contributed by atoms with Gasteiger partial charge in [0, 0.05) is 12.6 Å². The van der Waals surface area contributed by atoms with Crippen LogP contribution in [0.2, 0.25) is 10.4 Å². The number of rotatable bonds is 2. The molecular weight excluding hydrogens is 235 g/mol. The molecule has 82 valence electrons. The molecule has 2 rings (SSSR count). The summed E-state index contributed by atoms with van der Waals surface area (Å²) in [5.74, 6) is 0.668. The molecule has 0 aromatic carbocycles. The summed E-state index contributed by atoms with van der Waals surface area (Å²) in [6.07, 6.45) is 3.42. The summed E-state index contributed by atoms with van der Waals surface area (Å²) >= 11 is 11.7. The molecule has 15 heavy (non-hydrogen) atoms. The first-order valence-electron chi connectivity index (χ1n) is 5.04. The van der Waals surface area contributed by atoms with E-state index in [1.54, 1.807) is 0 Å². The van der Waals surface area contributed by atoms with Crippen molar-refractivity contribution < 1.29 is 0 Å². The Kier molecular flexibility index (Phi) is 3.26. The number of aromatic nitrogens is 3.